The van der Waals surface area contributed by atoms with Gasteiger partial charge in [-0.3, -0.25) is 0 Å². The molecule has 3 aromatic carbocycles. The first kappa shape index (κ1) is 24.0. The highest BCUT2D eigenvalue weighted by Crippen LogP contribution is 2.50. The zero-order valence-corrected chi connectivity index (χ0v) is 21.0. The maximum absolute atomic E-state index is 15.1. The lowest BCUT2D eigenvalue weighted by atomic mass is 9.74. The van der Waals surface area contributed by atoms with Crippen LogP contribution in [0.1, 0.15) is 24.5 Å². The molecule has 2 aliphatic rings. The zero-order valence-electron chi connectivity index (χ0n) is 20.2. The number of hydrogen-bond acceptors (Lipinski definition) is 4. The number of para-hydroxylation sites is 1. The van der Waals surface area contributed by atoms with E-state index in [4.69, 9.17) is 21.1 Å². The lowest BCUT2D eigenvalue weighted by Gasteiger charge is -2.42. The number of quaternary nitrogens is 1. The Hall–Kier alpha value is -3.67. The monoisotopic (exact) mass is 500 g/mol. The fraction of sp³-hybridized carbons (Fsp3) is 0.200. The summed E-state index contributed by atoms with van der Waals surface area (Å²) in [5, 5.41) is 0.504. The molecule has 182 valence electrons. The lowest BCUT2D eigenvalue weighted by molar-refractivity contribution is -0.145. The van der Waals surface area contributed by atoms with Crippen LogP contribution in [0.15, 0.2) is 96.6 Å². The molecule has 0 bridgehead atoms. The minimum absolute atomic E-state index is 0.102. The Labute approximate surface area is 215 Å². The van der Waals surface area contributed by atoms with E-state index in [1.54, 1.807) is 18.2 Å². The van der Waals surface area contributed by atoms with Crippen molar-refractivity contribution in [1.29, 1.82) is 0 Å². The normalized spacial score (nSPS) is 22.4. The second kappa shape index (κ2) is 9.41. The van der Waals surface area contributed by atoms with Gasteiger partial charge in [0.1, 0.15) is 24.3 Å². The van der Waals surface area contributed by atoms with E-state index in [0.717, 1.165) is 11.1 Å². The van der Waals surface area contributed by atoms with Gasteiger partial charge in [0, 0.05) is 22.2 Å². The largest absolute Gasteiger partial charge is 0.466 e. The molecule has 3 aromatic rings. The molecule has 5 rings (SSSR count). The number of benzene rings is 3. The molecule has 2 atom stereocenters. The van der Waals surface area contributed by atoms with Crippen LogP contribution in [-0.4, -0.2) is 19.0 Å². The van der Waals surface area contributed by atoms with E-state index in [2.05, 4.69) is 0 Å². The van der Waals surface area contributed by atoms with Gasteiger partial charge < -0.3 is 9.47 Å². The van der Waals surface area contributed by atoms with Gasteiger partial charge in [-0.2, -0.15) is 0 Å². The smallest absolute Gasteiger partial charge is 0.335 e. The van der Waals surface area contributed by atoms with Crippen LogP contribution in [0.2, 0.25) is 5.02 Å². The van der Waals surface area contributed by atoms with Crippen molar-refractivity contribution in [2.75, 3.05) is 7.11 Å². The van der Waals surface area contributed by atoms with E-state index >= 15 is 4.79 Å². The summed E-state index contributed by atoms with van der Waals surface area (Å²) in [7, 11) is 1.34. The molecular weight excluding hydrogens is 474 g/mol. The van der Waals surface area contributed by atoms with Crippen LogP contribution in [-0.2, 0) is 27.4 Å². The SMILES string of the molecule is COC(=O)C1=CC=CCC1(C)C(=O)[N+]1(Cc2ccccc2)Cc2ccccc2Oc2ccc(Cl)cc21. The number of carbonyl (C=O) groups is 2. The molecule has 0 saturated heterocycles. The van der Waals surface area contributed by atoms with E-state index in [9.17, 15) is 4.79 Å². The van der Waals surface area contributed by atoms with Gasteiger partial charge >= 0.3 is 11.9 Å². The second-order valence-corrected chi connectivity index (χ2v) is 9.87. The number of carbonyl (C=O) groups excluding carboxylic acids is 2. The summed E-state index contributed by atoms with van der Waals surface area (Å²) >= 11 is 6.52. The van der Waals surface area contributed by atoms with E-state index in [1.807, 2.05) is 79.7 Å². The molecular formula is C30H27ClNO4+. The van der Waals surface area contributed by atoms with Crippen LogP contribution in [0, 0.1) is 5.41 Å². The predicted molar refractivity (Wildman–Crippen MR) is 141 cm³/mol. The Balaban J connectivity index is 1.79. The number of esters is 1. The quantitative estimate of drug-likeness (QED) is 0.294. The molecule has 0 fully saturated rings. The Morgan fingerprint density at radius 3 is 2.56 bits per heavy atom. The van der Waals surface area contributed by atoms with Crippen molar-refractivity contribution in [2.24, 2.45) is 5.41 Å². The molecule has 2 unspecified atom stereocenters. The minimum Gasteiger partial charge on any atom is -0.466 e. The van der Waals surface area contributed by atoms with Crippen molar-refractivity contribution >= 4 is 29.2 Å². The Kier molecular flexibility index (Phi) is 6.29. The second-order valence-electron chi connectivity index (χ2n) is 9.43. The molecule has 0 radical (unpaired) electrons. The van der Waals surface area contributed by atoms with Crippen molar-refractivity contribution in [3.8, 4) is 11.5 Å². The van der Waals surface area contributed by atoms with Crippen LogP contribution in [0.3, 0.4) is 0 Å². The van der Waals surface area contributed by atoms with E-state index in [-0.39, 0.29) is 10.4 Å². The summed E-state index contributed by atoms with van der Waals surface area (Å²) < 4.78 is 11.4. The van der Waals surface area contributed by atoms with Gasteiger partial charge in [0.25, 0.3) is 0 Å². The predicted octanol–water partition coefficient (Wildman–Crippen LogP) is 6.75. The van der Waals surface area contributed by atoms with Crippen molar-refractivity contribution in [2.45, 2.75) is 26.4 Å². The van der Waals surface area contributed by atoms with Crippen LogP contribution in [0.5, 0.6) is 11.5 Å². The van der Waals surface area contributed by atoms with Gasteiger partial charge in [-0.05, 0) is 37.6 Å². The number of allylic oxidation sites excluding steroid dienone is 3. The zero-order chi connectivity index (χ0) is 25.3. The molecule has 1 amide bonds. The van der Waals surface area contributed by atoms with Crippen LogP contribution < -0.4 is 9.22 Å². The molecule has 36 heavy (non-hydrogen) atoms. The highest BCUT2D eigenvalue weighted by Gasteiger charge is 2.55. The van der Waals surface area contributed by atoms with E-state index < -0.39 is 11.4 Å². The van der Waals surface area contributed by atoms with Crippen LogP contribution >= 0.6 is 11.6 Å². The first-order chi connectivity index (χ1) is 17.4. The number of nitrogens with zero attached hydrogens (tertiary/aromatic N) is 1. The third-order valence-corrected chi connectivity index (χ3v) is 7.33. The Bertz CT molecular complexity index is 1400. The number of hydrogen-bond donors (Lipinski definition) is 0. The average Bonchev–Trinajstić information content (AvgIpc) is 3.03. The molecule has 6 heteroatoms. The van der Waals surface area contributed by atoms with Gasteiger partial charge in [0.2, 0.25) is 0 Å². The van der Waals surface area contributed by atoms with E-state index in [0.29, 0.717) is 47.3 Å². The number of amides is 1. The summed E-state index contributed by atoms with van der Waals surface area (Å²) in [6.07, 6.45) is 5.78. The maximum atomic E-state index is 15.1. The highest BCUT2D eigenvalue weighted by molar-refractivity contribution is 6.31. The van der Waals surface area contributed by atoms with Crippen LogP contribution in [0.4, 0.5) is 5.69 Å². The topological polar surface area (TPSA) is 52.6 Å². The van der Waals surface area contributed by atoms with Crippen molar-refractivity contribution in [3.05, 3.63) is 113 Å². The summed E-state index contributed by atoms with van der Waals surface area (Å²) in [5.74, 6) is 0.619. The van der Waals surface area contributed by atoms with Gasteiger partial charge in [-0.25, -0.2) is 14.1 Å². The number of ether oxygens (including phenoxy) is 2. The first-order valence-corrected chi connectivity index (χ1v) is 12.2. The van der Waals surface area contributed by atoms with Gasteiger partial charge in [-0.15, -0.1) is 0 Å². The third-order valence-electron chi connectivity index (χ3n) is 7.10. The highest BCUT2D eigenvalue weighted by atomic mass is 35.5. The van der Waals surface area contributed by atoms with Crippen LogP contribution in [0.25, 0.3) is 0 Å². The van der Waals surface area contributed by atoms with Gasteiger partial charge in [0.15, 0.2) is 11.4 Å². The summed E-state index contributed by atoms with van der Waals surface area (Å²) in [4.78, 5) is 27.9. The summed E-state index contributed by atoms with van der Waals surface area (Å²) in [6.45, 7) is 2.53. The van der Waals surface area contributed by atoms with Crippen molar-refractivity contribution in [1.82, 2.24) is 4.48 Å². The third kappa shape index (κ3) is 4.04. The molecule has 0 spiro atoms. The van der Waals surface area contributed by atoms with Crippen molar-refractivity contribution < 1.29 is 19.1 Å². The maximum Gasteiger partial charge on any atom is 0.335 e. The number of rotatable bonds is 4. The number of halogens is 1. The summed E-state index contributed by atoms with van der Waals surface area (Å²) in [6, 6.07) is 23.0. The number of methoxy groups -OCH3 is 1. The standard InChI is InChI=1S/C30H27ClNO4/c1-30(17-9-8-13-24(30)28(33)35-2)29(34)32(19-21-10-4-3-5-11-21)20-22-12-6-7-14-26(22)36-27-16-15-23(31)18-25(27)32/h3-16,18H,17,19-20H2,1-2H3/q+1. The first-order valence-electron chi connectivity index (χ1n) is 11.8. The van der Waals surface area contributed by atoms with Gasteiger partial charge in [-0.1, -0.05) is 72.3 Å². The van der Waals surface area contributed by atoms with E-state index in [1.165, 1.54) is 7.11 Å². The molecule has 0 aromatic heterocycles. The minimum atomic E-state index is -1.13. The van der Waals surface area contributed by atoms with Gasteiger partial charge in [0.05, 0.1) is 12.7 Å². The number of fused-ring (bicyclic) bond motifs is 2. The molecule has 1 aliphatic heterocycles. The molecule has 1 heterocycles. The van der Waals surface area contributed by atoms with Crippen molar-refractivity contribution in [3.63, 3.8) is 0 Å². The molecule has 0 saturated carbocycles. The fourth-order valence-electron chi connectivity index (χ4n) is 5.27. The Morgan fingerprint density at radius 2 is 1.78 bits per heavy atom. The lowest BCUT2D eigenvalue weighted by Crippen LogP contribution is -2.59. The molecule has 0 N–H and O–H groups in total. The fourth-order valence-corrected chi connectivity index (χ4v) is 5.44. The summed E-state index contributed by atoms with van der Waals surface area (Å²) in [5.41, 5.74) is 1.75. The molecule has 1 aliphatic carbocycles. The Morgan fingerprint density at radius 1 is 1.03 bits per heavy atom. The average molecular weight is 501 g/mol. The molecule has 5 nitrogen and oxygen atoms in total.